The van der Waals surface area contributed by atoms with Gasteiger partial charge in [0.25, 0.3) is 0 Å². The van der Waals surface area contributed by atoms with Crippen molar-refractivity contribution < 1.29 is 23.1 Å². The van der Waals surface area contributed by atoms with Crippen LogP contribution in [-0.2, 0) is 21.2 Å². The Balaban J connectivity index is 2.21. The zero-order valence-corrected chi connectivity index (χ0v) is 15.8. The topological polar surface area (TPSA) is 92.7 Å². The van der Waals surface area contributed by atoms with E-state index in [9.17, 15) is 13.2 Å². The highest BCUT2D eigenvalue weighted by Crippen LogP contribution is 2.27. The number of hydrogen-bond acceptors (Lipinski definition) is 4. The lowest BCUT2D eigenvalue weighted by molar-refractivity contribution is -0.137. The molecule has 2 N–H and O–H groups in total. The van der Waals surface area contributed by atoms with Crippen molar-refractivity contribution >= 4 is 27.6 Å². The second-order valence-corrected chi connectivity index (χ2v) is 7.86. The van der Waals surface area contributed by atoms with E-state index in [4.69, 9.17) is 21.4 Å². The van der Waals surface area contributed by atoms with Crippen molar-refractivity contribution in [2.75, 3.05) is 7.11 Å². The lowest BCUT2D eigenvalue weighted by Gasteiger charge is -2.18. The van der Waals surface area contributed by atoms with Gasteiger partial charge < -0.3 is 9.84 Å². The lowest BCUT2D eigenvalue weighted by Crippen LogP contribution is -2.36. The van der Waals surface area contributed by atoms with Crippen molar-refractivity contribution in [1.29, 1.82) is 0 Å². The molecule has 1 unspecified atom stereocenters. The molecule has 0 spiro atoms. The van der Waals surface area contributed by atoms with Crippen LogP contribution in [0, 0.1) is 0 Å². The summed E-state index contributed by atoms with van der Waals surface area (Å²) in [4.78, 5) is 10.9. The molecule has 0 fully saturated rings. The number of nitrogens with one attached hydrogen (secondary N) is 1. The Morgan fingerprint density at radius 1 is 1.23 bits per heavy atom. The Morgan fingerprint density at radius 3 is 2.50 bits per heavy atom. The highest BCUT2D eigenvalue weighted by Gasteiger charge is 2.22. The van der Waals surface area contributed by atoms with Crippen LogP contribution in [0.2, 0.25) is 5.02 Å². The molecule has 0 radical (unpaired) electrons. The molecule has 6 nitrogen and oxygen atoms in total. The van der Waals surface area contributed by atoms with E-state index in [1.165, 1.54) is 25.3 Å². The van der Waals surface area contributed by atoms with E-state index >= 15 is 0 Å². The van der Waals surface area contributed by atoms with E-state index in [-0.39, 0.29) is 22.8 Å². The van der Waals surface area contributed by atoms with Crippen LogP contribution >= 0.6 is 11.6 Å². The van der Waals surface area contributed by atoms with Crippen LogP contribution in [0.1, 0.15) is 18.4 Å². The van der Waals surface area contributed by atoms with Crippen LogP contribution in [0.4, 0.5) is 0 Å². The van der Waals surface area contributed by atoms with Crippen LogP contribution in [-0.4, -0.2) is 32.6 Å². The van der Waals surface area contributed by atoms with Gasteiger partial charge >= 0.3 is 5.97 Å². The Hall–Kier alpha value is -2.09. The maximum atomic E-state index is 12.7. The van der Waals surface area contributed by atoms with Crippen molar-refractivity contribution in [2.24, 2.45) is 0 Å². The molecule has 140 valence electrons. The normalized spacial score (nSPS) is 12.5. The van der Waals surface area contributed by atoms with E-state index in [0.29, 0.717) is 12.2 Å². The molecule has 0 saturated carbocycles. The van der Waals surface area contributed by atoms with Gasteiger partial charge in [-0.2, -0.15) is 0 Å². The number of hydrogen-bond donors (Lipinski definition) is 2. The predicted octanol–water partition coefficient (Wildman–Crippen LogP) is 3.10. The molecule has 0 aliphatic heterocycles. The minimum absolute atomic E-state index is 0.00307. The molecule has 2 aromatic carbocycles. The summed E-state index contributed by atoms with van der Waals surface area (Å²) in [7, 11) is -2.42. The minimum Gasteiger partial charge on any atom is -0.495 e. The van der Waals surface area contributed by atoms with E-state index < -0.39 is 22.0 Å². The number of benzene rings is 2. The van der Waals surface area contributed by atoms with Gasteiger partial charge in [0.2, 0.25) is 10.0 Å². The number of carbonyl (C=O) groups is 1. The molecule has 0 aromatic heterocycles. The van der Waals surface area contributed by atoms with Crippen LogP contribution in [0.5, 0.6) is 5.75 Å². The SMILES string of the molecule is COc1ccc(S(=O)(=O)NC(CCC(=O)O)Cc2ccccc2)cc1Cl. The largest absolute Gasteiger partial charge is 0.495 e. The Kier molecular flexibility index (Phi) is 7.02. The summed E-state index contributed by atoms with van der Waals surface area (Å²) >= 11 is 6.01. The van der Waals surface area contributed by atoms with Crippen LogP contribution in [0.15, 0.2) is 53.4 Å². The molecule has 8 heteroatoms. The van der Waals surface area contributed by atoms with Crippen molar-refractivity contribution in [3.63, 3.8) is 0 Å². The van der Waals surface area contributed by atoms with Gasteiger partial charge in [0, 0.05) is 12.5 Å². The zero-order valence-electron chi connectivity index (χ0n) is 14.2. The Labute approximate surface area is 157 Å². The fourth-order valence-electron chi connectivity index (χ4n) is 2.50. The lowest BCUT2D eigenvalue weighted by atomic mass is 10.0. The minimum atomic E-state index is -3.86. The highest BCUT2D eigenvalue weighted by atomic mass is 35.5. The number of aliphatic carboxylic acids is 1. The van der Waals surface area contributed by atoms with Gasteiger partial charge in [0.1, 0.15) is 5.75 Å². The number of halogens is 1. The van der Waals surface area contributed by atoms with Crippen molar-refractivity contribution in [1.82, 2.24) is 4.72 Å². The van der Waals surface area contributed by atoms with Crippen molar-refractivity contribution in [3.8, 4) is 5.75 Å². The standard InChI is InChI=1S/C18H20ClNO5S/c1-25-17-9-8-15(12-16(17)19)26(23,24)20-14(7-10-18(21)22)11-13-5-3-2-4-6-13/h2-6,8-9,12,14,20H,7,10-11H2,1H3,(H,21,22). The molecular formula is C18H20ClNO5S. The molecule has 2 aromatic rings. The fraction of sp³-hybridized carbons (Fsp3) is 0.278. The first-order valence-electron chi connectivity index (χ1n) is 7.93. The Morgan fingerprint density at radius 2 is 1.92 bits per heavy atom. The van der Waals surface area contributed by atoms with Gasteiger partial charge in [-0.3, -0.25) is 4.79 Å². The summed E-state index contributed by atoms with van der Waals surface area (Å²) in [5.41, 5.74) is 0.915. The molecule has 26 heavy (non-hydrogen) atoms. The van der Waals surface area contributed by atoms with Gasteiger partial charge in [-0.05, 0) is 36.6 Å². The average Bonchev–Trinajstić information content (AvgIpc) is 2.60. The molecule has 0 saturated heterocycles. The third-order valence-electron chi connectivity index (χ3n) is 3.79. The maximum Gasteiger partial charge on any atom is 0.303 e. The van der Waals surface area contributed by atoms with E-state index in [0.717, 1.165) is 5.56 Å². The molecule has 1 atom stereocenters. The summed E-state index contributed by atoms with van der Waals surface area (Å²) in [6.07, 6.45) is 0.425. The van der Waals surface area contributed by atoms with E-state index in [1.807, 2.05) is 30.3 Å². The summed E-state index contributed by atoms with van der Waals surface area (Å²) in [5, 5.41) is 9.11. The van der Waals surface area contributed by atoms with E-state index in [2.05, 4.69) is 4.72 Å². The highest BCUT2D eigenvalue weighted by molar-refractivity contribution is 7.89. The quantitative estimate of drug-likeness (QED) is 0.678. The number of methoxy groups -OCH3 is 1. The van der Waals surface area contributed by atoms with Crippen LogP contribution < -0.4 is 9.46 Å². The average molecular weight is 398 g/mol. The Bertz CT molecular complexity index is 855. The smallest absolute Gasteiger partial charge is 0.303 e. The van der Waals surface area contributed by atoms with Crippen LogP contribution in [0.25, 0.3) is 0 Å². The zero-order chi connectivity index (χ0) is 19.2. The number of carboxylic acid groups (broad SMARTS) is 1. The van der Waals surface area contributed by atoms with Crippen molar-refractivity contribution in [2.45, 2.75) is 30.2 Å². The molecule has 0 aliphatic rings. The maximum absolute atomic E-state index is 12.7. The summed E-state index contributed by atoms with van der Waals surface area (Å²) < 4.78 is 33.0. The summed E-state index contributed by atoms with van der Waals surface area (Å²) in [5.74, 6) is -0.605. The molecule has 2 rings (SSSR count). The number of sulfonamides is 1. The number of rotatable bonds is 9. The number of ether oxygens (including phenoxy) is 1. The fourth-order valence-corrected chi connectivity index (χ4v) is 4.12. The molecule has 0 aliphatic carbocycles. The van der Waals surface area contributed by atoms with Crippen molar-refractivity contribution in [3.05, 3.63) is 59.1 Å². The van der Waals surface area contributed by atoms with Gasteiger partial charge in [-0.15, -0.1) is 0 Å². The second-order valence-electron chi connectivity index (χ2n) is 5.74. The molecule has 0 bridgehead atoms. The van der Waals surface area contributed by atoms with E-state index in [1.54, 1.807) is 0 Å². The second kappa shape index (κ2) is 9.02. The van der Waals surface area contributed by atoms with Gasteiger partial charge in [-0.25, -0.2) is 13.1 Å². The summed E-state index contributed by atoms with van der Waals surface area (Å²) in [6, 6.07) is 12.9. The molecule has 0 amide bonds. The first-order chi connectivity index (χ1) is 12.3. The predicted molar refractivity (Wildman–Crippen MR) is 99.1 cm³/mol. The van der Waals surface area contributed by atoms with Gasteiger partial charge in [-0.1, -0.05) is 41.9 Å². The first-order valence-corrected chi connectivity index (χ1v) is 9.79. The third kappa shape index (κ3) is 5.72. The summed E-state index contributed by atoms with van der Waals surface area (Å²) in [6.45, 7) is 0. The molecule has 0 heterocycles. The monoisotopic (exact) mass is 397 g/mol. The molecular weight excluding hydrogens is 378 g/mol. The van der Waals surface area contributed by atoms with Gasteiger partial charge in [0.05, 0.1) is 17.0 Å². The first kappa shape index (κ1) is 20.2. The van der Waals surface area contributed by atoms with Gasteiger partial charge in [0.15, 0.2) is 0 Å². The van der Waals surface area contributed by atoms with Crippen LogP contribution in [0.3, 0.4) is 0 Å². The number of carboxylic acids is 1. The third-order valence-corrected chi connectivity index (χ3v) is 5.60.